The molecule has 1 unspecified atom stereocenters. The summed E-state index contributed by atoms with van der Waals surface area (Å²) >= 11 is 0. The summed E-state index contributed by atoms with van der Waals surface area (Å²) in [6, 6.07) is -0.923. The number of carbonyl (C=O) groups is 1. The fourth-order valence-electron chi connectivity index (χ4n) is 1.21. The van der Waals surface area contributed by atoms with Crippen molar-refractivity contribution in [3.8, 4) is 0 Å². The highest BCUT2D eigenvalue weighted by Gasteiger charge is 2.12. The summed E-state index contributed by atoms with van der Waals surface area (Å²) in [4.78, 5) is 18.4. The molecule has 0 fully saturated rings. The third-order valence-electron chi connectivity index (χ3n) is 1.96. The minimum absolute atomic E-state index is 0.220. The van der Waals surface area contributed by atoms with Crippen molar-refractivity contribution in [1.29, 1.82) is 0 Å². The molecule has 0 aliphatic carbocycles. The van der Waals surface area contributed by atoms with Crippen LogP contribution in [0.4, 0.5) is 0 Å². The summed E-state index contributed by atoms with van der Waals surface area (Å²) < 4.78 is 1.48. The van der Waals surface area contributed by atoms with Crippen LogP contribution in [0.1, 0.15) is 5.56 Å². The highest BCUT2D eigenvalue weighted by atomic mass is 16.4. The predicted molar refractivity (Wildman–Crippen MR) is 50.1 cm³/mol. The molecule has 0 aliphatic rings. The first-order valence-corrected chi connectivity index (χ1v) is 4.29. The van der Waals surface area contributed by atoms with Gasteiger partial charge < -0.3 is 10.8 Å². The van der Waals surface area contributed by atoms with Crippen molar-refractivity contribution in [3.05, 3.63) is 24.3 Å². The van der Waals surface area contributed by atoms with E-state index in [4.69, 9.17) is 10.8 Å². The number of nitrogens with two attached hydrogens (primary N) is 1. The molecule has 7 heteroatoms. The Balaban J connectivity index is 2.24. The first kappa shape index (κ1) is 9.53. The van der Waals surface area contributed by atoms with Gasteiger partial charge in [0.2, 0.25) is 0 Å². The number of aromatic nitrogens is 4. The van der Waals surface area contributed by atoms with Gasteiger partial charge in [0.25, 0.3) is 5.78 Å². The van der Waals surface area contributed by atoms with E-state index in [0.717, 1.165) is 0 Å². The van der Waals surface area contributed by atoms with Crippen molar-refractivity contribution in [2.75, 3.05) is 0 Å². The summed E-state index contributed by atoms with van der Waals surface area (Å²) in [5, 5.41) is 12.5. The molecule has 3 N–H and O–H groups in total. The summed E-state index contributed by atoms with van der Waals surface area (Å²) in [6.45, 7) is 0. The van der Waals surface area contributed by atoms with E-state index < -0.39 is 12.0 Å². The minimum Gasteiger partial charge on any atom is -0.480 e. The van der Waals surface area contributed by atoms with Crippen LogP contribution < -0.4 is 5.73 Å². The van der Waals surface area contributed by atoms with Crippen LogP contribution in [-0.2, 0) is 11.2 Å². The molecule has 2 rings (SSSR count). The van der Waals surface area contributed by atoms with E-state index in [0.29, 0.717) is 11.3 Å². The van der Waals surface area contributed by atoms with E-state index >= 15 is 0 Å². The van der Waals surface area contributed by atoms with Gasteiger partial charge in [0.15, 0.2) is 0 Å². The second-order valence-corrected chi connectivity index (χ2v) is 3.12. The zero-order valence-corrected chi connectivity index (χ0v) is 7.74. The van der Waals surface area contributed by atoms with Gasteiger partial charge in [-0.1, -0.05) is 0 Å². The average Bonchev–Trinajstić information content (AvgIpc) is 2.64. The molecule has 0 bridgehead atoms. The lowest BCUT2D eigenvalue weighted by Gasteiger charge is -2.05. The van der Waals surface area contributed by atoms with Crippen molar-refractivity contribution in [1.82, 2.24) is 19.6 Å². The van der Waals surface area contributed by atoms with Gasteiger partial charge in [0.1, 0.15) is 12.4 Å². The Labute approximate surface area is 84.6 Å². The van der Waals surface area contributed by atoms with Gasteiger partial charge in [-0.3, -0.25) is 4.79 Å². The van der Waals surface area contributed by atoms with E-state index in [1.807, 2.05) is 0 Å². The van der Waals surface area contributed by atoms with E-state index in [1.54, 1.807) is 12.4 Å². The lowest BCUT2D eigenvalue weighted by Crippen LogP contribution is -2.32. The summed E-state index contributed by atoms with van der Waals surface area (Å²) in [6.07, 6.45) is 4.81. The van der Waals surface area contributed by atoms with Gasteiger partial charge in [-0.2, -0.15) is 10.1 Å². The SMILES string of the molecule is NC(Cc1cnc2ncnn2c1)C(=O)O. The molecular formula is C8H9N5O2. The number of rotatable bonds is 3. The Kier molecular flexibility index (Phi) is 2.30. The average molecular weight is 207 g/mol. The fourth-order valence-corrected chi connectivity index (χ4v) is 1.21. The van der Waals surface area contributed by atoms with Crippen molar-refractivity contribution < 1.29 is 9.90 Å². The molecule has 0 spiro atoms. The molecule has 0 amide bonds. The lowest BCUT2D eigenvalue weighted by atomic mass is 10.1. The molecule has 78 valence electrons. The number of carboxylic acid groups (broad SMARTS) is 1. The van der Waals surface area contributed by atoms with E-state index in [-0.39, 0.29) is 6.42 Å². The molecule has 0 saturated carbocycles. The number of fused-ring (bicyclic) bond motifs is 1. The summed E-state index contributed by atoms with van der Waals surface area (Å²) in [5.74, 6) is -0.559. The first-order chi connectivity index (χ1) is 7.16. The molecule has 2 aromatic rings. The molecular weight excluding hydrogens is 198 g/mol. The molecule has 1 atom stereocenters. The number of carboxylic acids is 1. The van der Waals surface area contributed by atoms with Crippen LogP contribution in [0.15, 0.2) is 18.7 Å². The van der Waals surface area contributed by atoms with Gasteiger partial charge in [0.05, 0.1) is 0 Å². The molecule has 2 aromatic heterocycles. The Morgan fingerprint density at radius 1 is 1.60 bits per heavy atom. The van der Waals surface area contributed by atoms with Crippen LogP contribution >= 0.6 is 0 Å². The smallest absolute Gasteiger partial charge is 0.320 e. The number of aliphatic carboxylic acids is 1. The van der Waals surface area contributed by atoms with Gasteiger partial charge in [0, 0.05) is 18.8 Å². The summed E-state index contributed by atoms with van der Waals surface area (Å²) in [7, 11) is 0. The fraction of sp³-hybridized carbons (Fsp3) is 0.250. The Morgan fingerprint density at radius 3 is 3.13 bits per heavy atom. The predicted octanol–water partition coefficient (Wildman–Crippen LogP) is -0.921. The quantitative estimate of drug-likeness (QED) is 0.674. The lowest BCUT2D eigenvalue weighted by molar-refractivity contribution is -0.138. The highest BCUT2D eigenvalue weighted by molar-refractivity contribution is 5.73. The van der Waals surface area contributed by atoms with Gasteiger partial charge in [-0.05, 0) is 5.56 Å². The Bertz CT molecular complexity index is 494. The zero-order chi connectivity index (χ0) is 10.8. The minimum atomic E-state index is -1.03. The maximum absolute atomic E-state index is 10.5. The molecule has 2 heterocycles. The van der Waals surface area contributed by atoms with Gasteiger partial charge in [-0.15, -0.1) is 0 Å². The standard InChI is InChI=1S/C8H9N5O2/c9-6(7(14)15)1-5-2-10-8-11-4-12-13(8)3-5/h2-4,6H,1,9H2,(H,14,15). The number of nitrogens with zero attached hydrogens (tertiary/aromatic N) is 4. The molecule has 0 aromatic carbocycles. The van der Waals surface area contributed by atoms with Crippen LogP contribution in [0.3, 0.4) is 0 Å². The molecule has 15 heavy (non-hydrogen) atoms. The van der Waals surface area contributed by atoms with Crippen LogP contribution in [0, 0.1) is 0 Å². The largest absolute Gasteiger partial charge is 0.480 e. The van der Waals surface area contributed by atoms with Crippen LogP contribution in [0.2, 0.25) is 0 Å². The maximum atomic E-state index is 10.5. The summed E-state index contributed by atoms with van der Waals surface area (Å²) in [5.41, 5.74) is 6.11. The van der Waals surface area contributed by atoms with Crippen molar-refractivity contribution in [3.63, 3.8) is 0 Å². The van der Waals surface area contributed by atoms with E-state index in [2.05, 4.69) is 15.1 Å². The zero-order valence-electron chi connectivity index (χ0n) is 7.74. The van der Waals surface area contributed by atoms with E-state index in [9.17, 15) is 4.79 Å². The highest BCUT2D eigenvalue weighted by Crippen LogP contribution is 2.02. The van der Waals surface area contributed by atoms with Crippen molar-refractivity contribution in [2.45, 2.75) is 12.5 Å². The van der Waals surface area contributed by atoms with Crippen molar-refractivity contribution in [2.24, 2.45) is 5.73 Å². The number of hydrogen-bond acceptors (Lipinski definition) is 5. The monoisotopic (exact) mass is 207 g/mol. The Hall–Kier alpha value is -2.02. The number of hydrogen-bond donors (Lipinski definition) is 2. The van der Waals surface area contributed by atoms with Crippen LogP contribution in [0.25, 0.3) is 5.78 Å². The molecule has 0 radical (unpaired) electrons. The van der Waals surface area contributed by atoms with Gasteiger partial charge in [-0.25, -0.2) is 9.50 Å². The topological polar surface area (TPSA) is 106 Å². The second-order valence-electron chi connectivity index (χ2n) is 3.12. The van der Waals surface area contributed by atoms with Crippen molar-refractivity contribution >= 4 is 11.7 Å². The normalized spacial score (nSPS) is 12.9. The van der Waals surface area contributed by atoms with Crippen LogP contribution in [0.5, 0.6) is 0 Å². The third kappa shape index (κ3) is 1.91. The molecule has 7 nitrogen and oxygen atoms in total. The van der Waals surface area contributed by atoms with Crippen LogP contribution in [-0.4, -0.2) is 36.7 Å². The van der Waals surface area contributed by atoms with Gasteiger partial charge >= 0.3 is 5.97 Å². The first-order valence-electron chi connectivity index (χ1n) is 4.29. The second kappa shape index (κ2) is 3.62. The molecule has 0 saturated heterocycles. The third-order valence-corrected chi connectivity index (χ3v) is 1.96. The Morgan fingerprint density at radius 2 is 2.40 bits per heavy atom. The maximum Gasteiger partial charge on any atom is 0.320 e. The molecule has 0 aliphatic heterocycles. The van der Waals surface area contributed by atoms with E-state index in [1.165, 1.54) is 10.8 Å².